The van der Waals surface area contributed by atoms with Gasteiger partial charge in [-0.2, -0.15) is 4.98 Å². The number of benzene rings is 1. The molecule has 118 valence electrons. The number of nitrogens with one attached hydrogen (secondary N) is 1. The van der Waals surface area contributed by atoms with Crippen LogP contribution in [0.5, 0.6) is 5.75 Å². The number of fused-ring (bicyclic) bond motifs is 3. The predicted molar refractivity (Wildman–Crippen MR) is 85.3 cm³/mol. The van der Waals surface area contributed by atoms with Crippen molar-refractivity contribution in [3.8, 4) is 5.75 Å². The van der Waals surface area contributed by atoms with Gasteiger partial charge in [0, 0.05) is 25.8 Å². The number of H-pyrrole nitrogens is 1. The van der Waals surface area contributed by atoms with Gasteiger partial charge in [-0.25, -0.2) is 4.79 Å². The molecule has 0 atom stereocenters. The maximum atomic E-state index is 12.2. The van der Waals surface area contributed by atoms with Crippen molar-refractivity contribution in [2.24, 2.45) is 7.05 Å². The van der Waals surface area contributed by atoms with Gasteiger partial charge in [-0.3, -0.25) is 14.3 Å². The molecule has 3 heterocycles. The molecule has 0 unspecified atom stereocenters. The monoisotopic (exact) mass is 313 g/mol. The largest absolute Gasteiger partial charge is 0.508 e. The Hall–Kier alpha value is -3.03. The second kappa shape index (κ2) is 4.73. The Balaban J connectivity index is 1.98. The molecule has 4 rings (SSSR count). The summed E-state index contributed by atoms with van der Waals surface area (Å²) in [7, 11) is 1.59. The Labute approximate surface area is 130 Å². The summed E-state index contributed by atoms with van der Waals surface area (Å²) < 4.78 is 3.18. The predicted octanol–water partition coefficient (Wildman–Crippen LogP) is 0.671. The third-order valence-electron chi connectivity index (χ3n) is 4.15. The van der Waals surface area contributed by atoms with Crippen molar-refractivity contribution in [3.05, 3.63) is 45.1 Å². The highest BCUT2D eigenvalue weighted by molar-refractivity contribution is 5.76. The second-order valence-corrected chi connectivity index (χ2v) is 5.58. The molecular weight excluding hydrogens is 298 g/mol. The number of anilines is 2. The number of nitrogens with zero attached hydrogens (tertiary/aromatic N) is 4. The Morgan fingerprint density at radius 3 is 2.65 bits per heavy atom. The molecule has 0 saturated carbocycles. The van der Waals surface area contributed by atoms with Gasteiger partial charge in [0.25, 0.3) is 5.56 Å². The first-order valence-electron chi connectivity index (χ1n) is 7.32. The lowest BCUT2D eigenvalue weighted by Gasteiger charge is -2.28. The van der Waals surface area contributed by atoms with Crippen LogP contribution in [-0.4, -0.2) is 30.8 Å². The lowest BCUT2D eigenvalue weighted by Crippen LogP contribution is -2.31. The van der Waals surface area contributed by atoms with Gasteiger partial charge in [0.05, 0.1) is 0 Å². The summed E-state index contributed by atoms with van der Waals surface area (Å²) in [5.41, 5.74) is 0.758. The van der Waals surface area contributed by atoms with Gasteiger partial charge in [0.2, 0.25) is 5.95 Å². The first kappa shape index (κ1) is 13.6. The maximum Gasteiger partial charge on any atom is 0.329 e. The molecule has 0 fully saturated rings. The number of aromatic hydroxyl groups is 1. The van der Waals surface area contributed by atoms with Gasteiger partial charge in [0.1, 0.15) is 5.75 Å². The minimum atomic E-state index is -0.478. The number of phenolic OH excluding ortho intramolecular Hbond substituents is 1. The van der Waals surface area contributed by atoms with Crippen LogP contribution < -0.4 is 16.1 Å². The topological polar surface area (TPSA) is 96.2 Å². The number of phenols is 1. The van der Waals surface area contributed by atoms with E-state index in [2.05, 4.69) is 9.97 Å². The first-order valence-corrected chi connectivity index (χ1v) is 7.32. The van der Waals surface area contributed by atoms with Crippen LogP contribution in [0.2, 0.25) is 0 Å². The molecular formula is C15H15N5O3. The van der Waals surface area contributed by atoms with Crippen molar-refractivity contribution in [2.45, 2.75) is 13.0 Å². The minimum Gasteiger partial charge on any atom is -0.508 e. The summed E-state index contributed by atoms with van der Waals surface area (Å²) in [6.45, 7) is 1.42. The average molecular weight is 313 g/mol. The zero-order valence-corrected chi connectivity index (χ0v) is 12.5. The van der Waals surface area contributed by atoms with Crippen molar-refractivity contribution < 1.29 is 5.11 Å². The molecule has 8 nitrogen and oxygen atoms in total. The van der Waals surface area contributed by atoms with Crippen LogP contribution in [0.25, 0.3) is 11.2 Å². The van der Waals surface area contributed by atoms with Crippen LogP contribution in [0.3, 0.4) is 0 Å². The van der Waals surface area contributed by atoms with E-state index in [1.54, 1.807) is 31.3 Å². The van der Waals surface area contributed by atoms with Gasteiger partial charge in [-0.15, -0.1) is 0 Å². The molecule has 1 aliphatic heterocycles. The van der Waals surface area contributed by atoms with Gasteiger partial charge < -0.3 is 14.6 Å². The molecule has 8 heteroatoms. The molecule has 0 aliphatic carbocycles. The Kier molecular flexibility index (Phi) is 2.80. The highest BCUT2D eigenvalue weighted by Crippen LogP contribution is 2.31. The van der Waals surface area contributed by atoms with Gasteiger partial charge in [-0.05, 0) is 30.7 Å². The smallest absolute Gasteiger partial charge is 0.329 e. The quantitative estimate of drug-likeness (QED) is 0.688. The van der Waals surface area contributed by atoms with E-state index in [1.807, 2.05) is 9.47 Å². The lowest BCUT2D eigenvalue weighted by molar-refractivity contribution is 0.475. The van der Waals surface area contributed by atoms with Crippen molar-refractivity contribution in [2.75, 3.05) is 11.4 Å². The summed E-state index contributed by atoms with van der Waals surface area (Å²) in [5, 5.41) is 9.45. The van der Waals surface area contributed by atoms with Gasteiger partial charge >= 0.3 is 5.69 Å². The summed E-state index contributed by atoms with van der Waals surface area (Å²) >= 11 is 0. The van der Waals surface area contributed by atoms with Crippen LogP contribution in [-0.2, 0) is 13.6 Å². The highest BCUT2D eigenvalue weighted by Gasteiger charge is 2.25. The van der Waals surface area contributed by atoms with E-state index in [9.17, 15) is 14.7 Å². The van der Waals surface area contributed by atoms with E-state index in [0.29, 0.717) is 23.7 Å². The van der Waals surface area contributed by atoms with Crippen LogP contribution in [0, 0.1) is 0 Å². The summed E-state index contributed by atoms with van der Waals surface area (Å²) in [6, 6.07) is 6.82. The van der Waals surface area contributed by atoms with E-state index in [-0.39, 0.29) is 5.75 Å². The fraction of sp³-hybridized carbons (Fsp3) is 0.267. The molecule has 1 aromatic carbocycles. The number of aryl methyl sites for hydroxylation is 2. The number of aromatic nitrogens is 4. The summed E-state index contributed by atoms with van der Waals surface area (Å²) in [5.74, 6) is 0.821. The molecule has 3 aromatic rings. The van der Waals surface area contributed by atoms with E-state index in [4.69, 9.17) is 0 Å². The normalized spacial score (nSPS) is 14.2. The van der Waals surface area contributed by atoms with Crippen LogP contribution in [0.15, 0.2) is 33.9 Å². The molecule has 2 N–H and O–H groups in total. The molecule has 0 saturated heterocycles. The zero-order valence-electron chi connectivity index (χ0n) is 12.5. The molecule has 0 radical (unpaired) electrons. The summed E-state index contributed by atoms with van der Waals surface area (Å²) in [6.07, 6.45) is 0.849. The Bertz CT molecular complexity index is 1010. The average Bonchev–Trinajstić information content (AvgIpc) is 2.93. The Morgan fingerprint density at radius 2 is 1.91 bits per heavy atom. The van der Waals surface area contributed by atoms with Crippen molar-refractivity contribution in [3.63, 3.8) is 0 Å². The first-order chi connectivity index (χ1) is 11.1. The maximum absolute atomic E-state index is 12.2. The fourth-order valence-corrected chi connectivity index (χ4v) is 3.01. The van der Waals surface area contributed by atoms with E-state index >= 15 is 0 Å². The number of imidazole rings is 1. The zero-order chi connectivity index (χ0) is 16.1. The van der Waals surface area contributed by atoms with Gasteiger partial charge in [0.15, 0.2) is 11.2 Å². The molecule has 23 heavy (non-hydrogen) atoms. The second-order valence-electron chi connectivity index (χ2n) is 5.58. The van der Waals surface area contributed by atoms with Crippen LogP contribution in [0.1, 0.15) is 6.42 Å². The number of rotatable bonds is 1. The fourth-order valence-electron chi connectivity index (χ4n) is 3.01. The number of aromatic amines is 1. The summed E-state index contributed by atoms with van der Waals surface area (Å²) in [4.78, 5) is 32.8. The highest BCUT2D eigenvalue weighted by atomic mass is 16.3. The third kappa shape index (κ3) is 1.95. The van der Waals surface area contributed by atoms with Crippen molar-refractivity contribution >= 4 is 22.8 Å². The van der Waals surface area contributed by atoms with E-state index < -0.39 is 11.2 Å². The van der Waals surface area contributed by atoms with Gasteiger partial charge in [-0.1, -0.05) is 0 Å². The lowest BCUT2D eigenvalue weighted by atomic mass is 10.2. The van der Waals surface area contributed by atoms with Crippen molar-refractivity contribution in [1.29, 1.82) is 0 Å². The van der Waals surface area contributed by atoms with E-state index in [1.165, 1.54) is 4.57 Å². The molecule has 0 amide bonds. The molecule has 0 spiro atoms. The van der Waals surface area contributed by atoms with E-state index in [0.717, 1.165) is 18.7 Å². The standard InChI is InChI=1S/C15H15N5O3/c1-18-12-11(13(22)17-15(18)23)20-8-2-7-19(14(20)16-12)9-3-5-10(21)6-4-9/h3-6,21H,2,7-8H2,1H3,(H,17,22,23). The molecule has 0 bridgehead atoms. The van der Waals surface area contributed by atoms with Crippen molar-refractivity contribution in [1.82, 2.24) is 19.1 Å². The number of hydrogen-bond acceptors (Lipinski definition) is 5. The van der Waals surface area contributed by atoms with Crippen LogP contribution in [0.4, 0.5) is 11.6 Å². The minimum absolute atomic E-state index is 0.193. The molecule has 2 aromatic heterocycles. The van der Waals surface area contributed by atoms with Crippen LogP contribution >= 0.6 is 0 Å². The SMILES string of the molecule is Cn1c(=O)[nH]c(=O)c2c1nc1n2CCCN1c1ccc(O)cc1. The third-order valence-corrected chi connectivity index (χ3v) is 4.15. The molecule has 1 aliphatic rings. The Morgan fingerprint density at radius 1 is 1.17 bits per heavy atom. The number of hydrogen-bond donors (Lipinski definition) is 2.